The van der Waals surface area contributed by atoms with Gasteiger partial charge in [0.15, 0.2) is 0 Å². The lowest BCUT2D eigenvalue weighted by Gasteiger charge is -1.99. The summed E-state index contributed by atoms with van der Waals surface area (Å²) in [5, 5.41) is 8.50. The van der Waals surface area contributed by atoms with E-state index in [0.29, 0.717) is 6.42 Å². The Morgan fingerprint density at radius 2 is 1.23 bits per heavy atom. The number of carboxylic acid groups (broad SMARTS) is 1. The second-order valence-corrected chi connectivity index (χ2v) is 5.69. The Morgan fingerprint density at radius 1 is 0.727 bits per heavy atom. The molecule has 0 aliphatic rings. The van der Waals surface area contributed by atoms with E-state index >= 15 is 0 Å². The first-order chi connectivity index (χ1) is 10.8. The number of carbonyl (C=O) groups is 1. The Balaban J connectivity index is 3.17. The summed E-state index contributed by atoms with van der Waals surface area (Å²) in [5.74, 6) is -0.711. The van der Waals surface area contributed by atoms with E-state index in [1.807, 2.05) is 6.08 Å². The number of unbranched alkanes of at least 4 members (excludes halogenated alkanes) is 7. The van der Waals surface area contributed by atoms with Crippen molar-refractivity contribution in [2.24, 2.45) is 0 Å². The highest BCUT2D eigenvalue weighted by molar-refractivity contribution is 5.66. The van der Waals surface area contributed by atoms with Gasteiger partial charge in [0.2, 0.25) is 0 Å². The number of hydrogen-bond acceptors (Lipinski definition) is 1. The molecule has 0 saturated carbocycles. The molecule has 0 aromatic carbocycles. The zero-order valence-corrected chi connectivity index (χ0v) is 14.3. The number of carboxylic acids is 1. The zero-order chi connectivity index (χ0) is 16.3. The first-order valence-corrected chi connectivity index (χ1v) is 8.94. The van der Waals surface area contributed by atoms with Crippen LogP contribution in [0.1, 0.15) is 84.0 Å². The molecule has 0 radical (unpaired) electrons. The molecule has 2 nitrogen and oxygen atoms in total. The average Bonchev–Trinajstić information content (AvgIpc) is 2.50. The molecule has 0 aliphatic heterocycles. The molecule has 0 heterocycles. The van der Waals surface area contributed by atoms with Crippen molar-refractivity contribution in [2.45, 2.75) is 84.0 Å². The summed E-state index contributed by atoms with van der Waals surface area (Å²) in [6, 6.07) is 0. The lowest BCUT2D eigenvalue weighted by Crippen LogP contribution is -1.91. The predicted molar refractivity (Wildman–Crippen MR) is 96.1 cm³/mol. The van der Waals surface area contributed by atoms with Gasteiger partial charge in [-0.15, -0.1) is 0 Å². The van der Waals surface area contributed by atoms with Gasteiger partial charge in [0, 0.05) is 6.42 Å². The van der Waals surface area contributed by atoms with Crippen molar-refractivity contribution in [3.05, 3.63) is 36.5 Å². The van der Waals surface area contributed by atoms with E-state index in [0.717, 1.165) is 19.3 Å². The SMILES string of the molecule is CC/C=C/C/C=C/CCCCCCCC/C=C/CCC(=O)O. The monoisotopic (exact) mass is 306 g/mol. The second-order valence-electron chi connectivity index (χ2n) is 5.69. The Kier molecular flexibility index (Phi) is 16.7. The van der Waals surface area contributed by atoms with Gasteiger partial charge in [-0.05, 0) is 44.9 Å². The summed E-state index contributed by atoms with van der Waals surface area (Å²) in [6.45, 7) is 2.16. The largest absolute Gasteiger partial charge is 0.481 e. The van der Waals surface area contributed by atoms with Crippen molar-refractivity contribution in [1.82, 2.24) is 0 Å². The number of aliphatic carboxylic acids is 1. The summed E-state index contributed by atoms with van der Waals surface area (Å²) < 4.78 is 0. The molecule has 0 unspecified atom stereocenters. The highest BCUT2D eigenvalue weighted by Gasteiger charge is 1.92. The van der Waals surface area contributed by atoms with Crippen LogP contribution >= 0.6 is 0 Å². The van der Waals surface area contributed by atoms with E-state index < -0.39 is 5.97 Å². The maximum absolute atomic E-state index is 10.3. The number of rotatable bonds is 15. The van der Waals surface area contributed by atoms with Gasteiger partial charge in [0.05, 0.1) is 0 Å². The third-order valence-corrected chi connectivity index (χ3v) is 3.52. The number of hydrogen-bond donors (Lipinski definition) is 1. The van der Waals surface area contributed by atoms with Crippen LogP contribution in [0.3, 0.4) is 0 Å². The summed E-state index contributed by atoms with van der Waals surface area (Å²) in [4.78, 5) is 10.3. The number of allylic oxidation sites excluding steroid dienone is 6. The first kappa shape index (κ1) is 20.7. The van der Waals surface area contributed by atoms with Crippen molar-refractivity contribution < 1.29 is 9.90 Å². The molecule has 0 rings (SSSR count). The fourth-order valence-electron chi connectivity index (χ4n) is 2.23. The molecular formula is C20H34O2. The Bertz CT molecular complexity index is 327. The van der Waals surface area contributed by atoms with Crippen LogP contribution in [0.4, 0.5) is 0 Å². The van der Waals surface area contributed by atoms with Crippen molar-refractivity contribution in [3.63, 3.8) is 0 Å². The fourth-order valence-corrected chi connectivity index (χ4v) is 2.23. The molecule has 0 bridgehead atoms. The molecule has 0 aromatic heterocycles. The van der Waals surface area contributed by atoms with Crippen LogP contribution < -0.4 is 0 Å². The lowest BCUT2D eigenvalue weighted by molar-refractivity contribution is -0.136. The smallest absolute Gasteiger partial charge is 0.303 e. The molecule has 0 atom stereocenters. The van der Waals surface area contributed by atoms with E-state index in [1.54, 1.807) is 0 Å². The van der Waals surface area contributed by atoms with E-state index in [1.165, 1.54) is 44.9 Å². The van der Waals surface area contributed by atoms with Gasteiger partial charge in [0.25, 0.3) is 0 Å². The molecule has 2 heteroatoms. The van der Waals surface area contributed by atoms with E-state index in [2.05, 4.69) is 37.3 Å². The molecule has 126 valence electrons. The third kappa shape index (κ3) is 18.7. The highest BCUT2D eigenvalue weighted by atomic mass is 16.4. The van der Waals surface area contributed by atoms with Gasteiger partial charge < -0.3 is 5.11 Å². The van der Waals surface area contributed by atoms with Crippen LogP contribution in [-0.2, 0) is 4.79 Å². The quantitative estimate of drug-likeness (QED) is 0.279. The minimum atomic E-state index is -0.711. The fraction of sp³-hybridized carbons (Fsp3) is 0.650. The minimum Gasteiger partial charge on any atom is -0.481 e. The molecule has 0 amide bonds. The van der Waals surface area contributed by atoms with Crippen molar-refractivity contribution in [3.8, 4) is 0 Å². The summed E-state index contributed by atoms with van der Waals surface area (Å²) >= 11 is 0. The average molecular weight is 306 g/mol. The zero-order valence-electron chi connectivity index (χ0n) is 14.3. The van der Waals surface area contributed by atoms with E-state index in [9.17, 15) is 4.79 Å². The van der Waals surface area contributed by atoms with Crippen molar-refractivity contribution in [1.29, 1.82) is 0 Å². The minimum absolute atomic E-state index is 0.250. The molecule has 22 heavy (non-hydrogen) atoms. The van der Waals surface area contributed by atoms with Gasteiger partial charge >= 0.3 is 5.97 Å². The normalized spacial score (nSPS) is 12.0. The summed E-state index contributed by atoms with van der Waals surface area (Å²) in [7, 11) is 0. The lowest BCUT2D eigenvalue weighted by atomic mass is 10.1. The van der Waals surface area contributed by atoms with Crippen LogP contribution in [0, 0.1) is 0 Å². The highest BCUT2D eigenvalue weighted by Crippen LogP contribution is 2.09. The predicted octanol–water partition coefficient (Wildman–Crippen LogP) is 6.44. The maximum Gasteiger partial charge on any atom is 0.303 e. The van der Waals surface area contributed by atoms with E-state index in [4.69, 9.17) is 5.11 Å². The standard InChI is InChI=1S/C20H34O2/c1-2-3-4-5-6-7-8-9-10-11-12-13-14-15-16-17-18-19-20(21)22/h3-4,6-7,16-17H,2,5,8-15,18-19H2,1H3,(H,21,22)/b4-3+,7-6+,17-16+. The molecular weight excluding hydrogens is 272 g/mol. The van der Waals surface area contributed by atoms with Crippen LogP contribution in [-0.4, -0.2) is 11.1 Å². The molecule has 0 fully saturated rings. The van der Waals surface area contributed by atoms with Gasteiger partial charge in [-0.25, -0.2) is 0 Å². The third-order valence-electron chi connectivity index (χ3n) is 3.52. The Labute approximate surface area is 137 Å². The van der Waals surface area contributed by atoms with E-state index in [-0.39, 0.29) is 6.42 Å². The van der Waals surface area contributed by atoms with Crippen molar-refractivity contribution >= 4 is 5.97 Å². The molecule has 0 spiro atoms. The van der Waals surface area contributed by atoms with Crippen LogP contribution in [0.15, 0.2) is 36.5 Å². The van der Waals surface area contributed by atoms with Crippen molar-refractivity contribution in [2.75, 3.05) is 0 Å². The topological polar surface area (TPSA) is 37.3 Å². The maximum atomic E-state index is 10.3. The van der Waals surface area contributed by atoms with Gasteiger partial charge in [0.1, 0.15) is 0 Å². The second kappa shape index (κ2) is 17.7. The Hall–Kier alpha value is -1.31. The molecule has 0 saturated heterocycles. The summed E-state index contributed by atoms with van der Waals surface area (Å²) in [6.07, 6.45) is 26.4. The van der Waals surface area contributed by atoms with Gasteiger partial charge in [-0.3, -0.25) is 4.79 Å². The Morgan fingerprint density at radius 3 is 1.82 bits per heavy atom. The van der Waals surface area contributed by atoms with Gasteiger partial charge in [-0.2, -0.15) is 0 Å². The van der Waals surface area contributed by atoms with Crippen LogP contribution in [0.25, 0.3) is 0 Å². The summed E-state index contributed by atoms with van der Waals surface area (Å²) in [5.41, 5.74) is 0. The first-order valence-electron chi connectivity index (χ1n) is 8.94. The molecule has 1 N–H and O–H groups in total. The van der Waals surface area contributed by atoms with Crippen LogP contribution in [0.5, 0.6) is 0 Å². The molecule has 0 aromatic rings. The molecule has 0 aliphatic carbocycles. The van der Waals surface area contributed by atoms with Gasteiger partial charge in [-0.1, -0.05) is 69.1 Å². The van der Waals surface area contributed by atoms with Crippen LogP contribution in [0.2, 0.25) is 0 Å².